The highest BCUT2D eigenvalue weighted by molar-refractivity contribution is 7.91. The molecule has 22 heavy (non-hydrogen) atoms. The lowest BCUT2D eigenvalue weighted by molar-refractivity contribution is -0.124. The molecule has 1 fully saturated rings. The van der Waals surface area contributed by atoms with Gasteiger partial charge < -0.3 is 10.3 Å². The van der Waals surface area contributed by atoms with Crippen molar-refractivity contribution in [1.82, 2.24) is 19.6 Å². The summed E-state index contributed by atoms with van der Waals surface area (Å²) >= 11 is 1.17. The molecule has 1 saturated heterocycles. The molecule has 3 rings (SSSR count). The summed E-state index contributed by atoms with van der Waals surface area (Å²) in [4.78, 5) is 19.2. The highest BCUT2D eigenvalue weighted by atomic mass is 32.2. The fourth-order valence-corrected chi connectivity index (χ4v) is 5.27. The van der Waals surface area contributed by atoms with Gasteiger partial charge in [0.25, 0.3) is 10.0 Å². The van der Waals surface area contributed by atoms with E-state index in [0.717, 1.165) is 0 Å². The maximum Gasteiger partial charge on any atom is 0.253 e. The minimum Gasteiger partial charge on any atom is -0.347 e. The number of carbonyl (C=O) groups is 1. The monoisotopic (exact) mass is 340 g/mol. The van der Waals surface area contributed by atoms with E-state index in [1.807, 2.05) is 0 Å². The fraction of sp³-hybridized carbons (Fsp3) is 0.385. The van der Waals surface area contributed by atoms with Gasteiger partial charge in [-0.3, -0.25) is 4.79 Å². The summed E-state index contributed by atoms with van der Waals surface area (Å²) in [5.41, 5.74) is 0. The standard InChI is InChI=1S/C13H16N4O3S2/c18-13(16-9-11-14-5-6-15-11)10-3-1-7-17(10)22(19,20)12-4-2-8-21-12/h2,4-6,8,10H,1,3,7,9H2,(H,14,15)(H,16,18). The Bertz CT molecular complexity index is 725. The Balaban J connectivity index is 1.71. The molecule has 0 aromatic carbocycles. The van der Waals surface area contributed by atoms with E-state index in [9.17, 15) is 13.2 Å². The summed E-state index contributed by atoms with van der Waals surface area (Å²) in [5.74, 6) is 0.355. The lowest BCUT2D eigenvalue weighted by Gasteiger charge is -2.22. The molecule has 0 spiro atoms. The molecule has 118 valence electrons. The lowest BCUT2D eigenvalue weighted by atomic mass is 10.2. The molecule has 1 atom stereocenters. The number of rotatable bonds is 5. The van der Waals surface area contributed by atoms with Gasteiger partial charge in [-0.1, -0.05) is 6.07 Å². The average molecular weight is 340 g/mol. The molecule has 0 aliphatic carbocycles. The van der Waals surface area contributed by atoms with E-state index in [1.165, 1.54) is 15.6 Å². The van der Waals surface area contributed by atoms with E-state index >= 15 is 0 Å². The van der Waals surface area contributed by atoms with Crippen molar-refractivity contribution in [2.45, 2.75) is 29.6 Å². The zero-order chi connectivity index (χ0) is 15.6. The number of hydrogen-bond acceptors (Lipinski definition) is 5. The summed E-state index contributed by atoms with van der Waals surface area (Å²) in [7, 11) is -3.59. The van der Waals surface area contributed by atoms with Crippen molar-refractivity contribution in [3.8, 4) is 0 Å². The van der Waals surface area contributed by atoms with Crippen LogP contribution in [0, 0.1) is 0 Å². The molecule has 1 aliphatic heterocycles. The Hall–Kier alpha value is -1.71. The van der Waals surface area contributed by atoms with Crippen molar-refractivity contribution in [3.05, 3.63) is 35.7 Å². The maximum atomic E-state index is 12.6. The van der Waals surface area contributed by atoms with E-state index in [0.29, 0.717) is 25.2 Å². The van der Waals surface area contributed by atoms with Crippen LogP contribution < -0.4 is 5.32 Å². The zero-order valence-electron chi connectivity index (χ0n) is 11.7. The number of H-pyrrole nitrogens is 1. The van der Waals surface area contributed by atoms with Crippen LogP contribution in [0.25, 0.3) is 0 Å². The van der Waals surface area contributed by atoms with Crippen molar-refractivity contribution in [2.75, 3.05) is 6.54 Å². The Morgan fingerprint density at radius 1 is 1.55 bits per heavy atom. The van der Waals surface area contributed by atoms with Gasteiger partial charge in [0, 0.05) is 18.9 Å². The first kappa shape index (κ1) is 15.2. The highest BCUT2D eigenvalue weighted by Crippen LogP contribution is 2.28. The molecule has 2 aromatic rings. The second-order valence-electron chi connectivity index (χ2n) is 4.96. The smallest absolute Gasteiger partial charge is 0.253 e. The number of imidazole rings is 1. The predicted octanol–water partition coefficient (Wildman–Crippen LogP) is 0.941. The number of sulfonamides is 1. The minimum atomic E-state index is -3.59. The van der Waals surface area contributed by atoms with E-state index in [1.54, 1.807) is 29.9 Å². The zero-order valence-corrected chi connectivity index (χ0v) is 13.4. The van der Waals surface area contributed by atoms with Crippen LogP contribution in [0.3, 0.4) is 0 Å². The highest BCUT2D eigenvalue weighted by Gasteiger charge is 2.39. The Morgan fingerprint density at radius 2 is 2.41 bits per heavy atom. The number of aromatic nitrogens is 2. The van der Waals surface area contributed by atoms with E-state index < -0.39 is 16.1 Å². The second kappa shape index (κ2) is 6.19. The number of aromatic amines is 1. The Kier molecular flexibility index (Phi) is 4.27. The average Bonchev–Trinajstić information content (AvgIpc) is 3.26. The van der Waals surface area contributed by atoms with Crippen LogP contribution in [0.5, 0.6) is 0 Å². The number of hydrogen-bond donors (Lipinski definition) is 2. The minimum absolute atomic E-state index is 0.259. The SMILES string of the molecule is O=C(NCc1ncc[nH]1)C1CCCN1S(=O)(=O)c1cccs1. The summed E-state index contributed by atoms with van der Waals surface area (Å²) in [6, 6.07) is 2.61. The topological polar surface area (TPSA) is 95.2 Å². The number of carbonyl (C=O) groups excluding carboxylic acids is 1. The Morgan fingerprint density at radius 3 is 3.09 bits per heavy atom. The van der Waals surface area contributed by atoms with Crippen LogP contribution in [0.2, 0.25) is 0 Å². The molecule has 0 bridgehead atoms. The van der Waals surface area contributed by atoms with Crippen molar-refractivity contribution >= 4 is 27.3 Å². The summed E-state index contributed by atoms with van der Waals surface area (Å²) in [6.45, 7) is 0.633. The first-order valence-corrected chi connectivity index (χ1v) is 9.22. The van der Waals surface area contributed by atoms with Crippen molar-refractivity contribution in [3.63, 3.8) is 0 Å². The third-order valence-corrected chi connectivity index (χ3v) is 6.83. The summed E-state index contributed by atoms with van der Waals surface area (Å²) < 4.78 is 26.7. The first-order valence-electron chi connectivity index (χ1n) is 6.90. The van der Waals surface area contributed by atoms with Gasteiger partial charge in [0.1, 0.15) is 16.1 Å². The number of amides is 1. The van der Waals surface area contributed by atoms with E-state index in [-0.39, 0.29) is 16.7 Å². The molecule has 9 heteroatoms. The van der Waals surface area contributed by atoms with E-state index in [4.69, 9.17) is 0 Å². The van der Waals surface area contributed by atoms with Gasteiger partial charge in [0.05, 0.1) is 6.54 Å². The van der Waals surface area contributed by atoms with Crippen molar-refractivity contribution in [1.29, 1.82) is 0 Å². The normalized spacial score (nSPS) is 19.4. The molecular weight excluding hydrogens is 324 g/mol. The first-order chi connectivity index (χ1) is 10.6. The number of nitrogens with zero attached hydrogens (tertiary/aromatic N) is 2. The molecule has 0 saturated carbocycles. The third-order valence-electron chi connectivity index (χ3n) is 3.55. The second-order valence-corrected chi connectivity index (χ2v) is 8.02. The molecule has 7 nitrogen and oxygen atoms in total. The van der Waals surface area contributed by atoms with E-state index in [2.05, 4.69) is 15.3 Å². The largest absolute Gasteiger partial charge is 0.347 e. The van der Waals surface area contributed by atoms with Gasteiger partial charge >= 0.3 is 0 Å². The van der Waals surface area contributed by atoms with Crippen molar-refractivity contribution < 1.29 is 13.2 Å². The molecule has 2 N–H and O–H groups in total. The van der Waals surface area contributed by atoms with Gasteiger partial charge in [-0.15, -0.1) is 11.3 Å². The van der Waals surface area contributed by atoms with Gasteiger partial charge in [0.2, 0.25) is 5.91 Å². The molecular formula is C13H16N4O3S2. The third kappa shape index (κ3) is 2.92. The predicted molar refractivity (Wildman–Crippen MR) is 81.7 cm³/mol. The molecule has 1 amide bonds. The molecule has 2 aromatic heterocycles. The van der Waals surface area contributed by atoms with Crippen LogP contribution in [0.1, 0.15) is 18.7 Å². The number of thiophene rings is 1. The Labute approximate surface area is 132 Å². The summed E-state index contributed by atoms with van der Waals surface area (Å²) in [6.07, 6.45) is 4.49. The quantitative estimate of drug-likeness (QED) is 0.847. The van der Waals surface area contributed by atoms with Gasteiger partial charge in [0.15, 0.2) is 0 Å². The van der Waals surface area contributed by atoms with Gasteiger partial charge in [-0.25, -0.2) is 13.4 Å². The van der Waals surface area contributed by atoms with Crippen LogP contribution in [-0.2, 0) is 21.4 Å². The van der Waals surface area contributed by atoms with Crippen LogP contribution >= 0.6 is 11.3 Å². The molecule has 1 aliphatic rings. The van der Waals surface area contributed by atoms with Crippen LogP contribution in [-0.4, -0.2) is 41.2 Å². The van der Waals surface area contributed by atoms with Gasteiger partial charge in [-0.05, 0) is 24.3 Å². The number of nitrogens with one attached hydrogen (secondary N) is 2. The fourth-order valence-electron chi connectivity index (χ4n) is 2.50. The van der Waals surface area contributed by atoms with Gasteiger partial charge in [-0.2, -0.15) is 4.31 Å². The van der Waals surface area contributed by atoms with Crippen LogP contribution in [0.4, 0.5) is 0 Å². The van der Waals surface area contributed by atoms with Crippen LogP contribution in [0.15, 0.2) is 34.1 Å². The summed E-state index contributed by atoms with van der Waals surface area (Å²) in [5, 5.41) is 4.46. The molecule has 1 unspecified atom stereocenters. The molecule has 3 heterocycles. The molecule has 0 radical (unpaired) electrons. The van der Waals surface area contributed by atoms with Crippen molar-refractivity contribution in [2.24, 2.45) is 0 Å². The maximum absolute atomic E-state index is 12.6. The lowest BCUT2D eigenvalue weighted by Crippen LogP contribution is -2.45.